The van der Waals surface area contributed by atoms with Crippen LogP contribution in [0.5, 0.6) is 11.5 Å². The standard InChI is InChI=1S/C17H19BrN2O4S/c1-5-9(2)24-14-12(18)7-10(8-13(14)23-4)6-11-15(21)19-17(25)20(3)16(11)22/h6-9H,5H2,1-4H3,(H,19,21,25)/b11-6+. The number of nitrogens with one attached hydrogen (secondary N) is 1. The van der Waals surface area contributed by atoms with Crippen molar-refractivity contribution in [2.45, 2.75) is 26.4 Å². The van der Waals surface area contributed by atoms with Crippen molar-refractivity contribution in [2.24, 2.45) is 0 Å². The van der Waals surface area contributed by atoms with Crippen LogP contribution in [0, 0.1) is 0 Å². The number of hydrogen-bond acceptors (Lipinski definition) is 5. The molecular weight excluding hydrogens is 408 g/mol. The summed E-state index contributed by atoms with van der Waals surface area (Å²) in [6, 6.07) is 3.48. The van der Waals surface area contributed by atoms with Gasteiger partial charge in [0.25, 0.3) is 11.8 Å². The van der Waals surface area contributed by atoms with Crippen molar-refractivity contribution >= 4 is 51.2 Å². The molecule has 8 heteroatoms. The zero-order valence-electron chi connectivity index (χ0n) is 14.4. The van der Waals surface area contributed by atoms with Gasteiger partial charge in [0, 0.05) is 7.05 Å². The number of benzene rings is 1. The van der Waals surface area contributed by atoms with Crippen LogP contribution in [0.1, 0.15) is 25.8 Å². The molecule has 2 rings (SSSR count). The number of carbonyl (C=O) groups excluding carboxylic acids is 2. The molecular formula is C17H19BrN2O4S. The summed E-state index contributed by atoms with van der Waals surface area (Å²) >= 11 is 8.39. The molecule has 1 atom stereocenters. The van der Waals surface area contributed by atoms with Gasteiger partial charge in [0.15, 0.2) is 16.6 Å². The van der Waals surface area contributed by atoms with E-state index >= 15 is 0 Å². The average Bonchev–Trinajstić information content (AvgIpc) is 2.58. The second-order valence-corrected chi connectivity index (χ2v) is 6.79. The van der Waals surface area contributed by atoms with Gasteiger partial charge in [-0.2, -0.15) is 0 Å². The molecule has 1 aliphatic rings. The number of amides is 2. The first-order chi connectivity index (χ1) is 11.8. The Labute approximate surface area is 160 Å². The van der Waals surface area contributed by atoms with E-state index < -0.39 is 11.8 Å². The van der Waals surface area contributed by atoms with Gasteiger partial charge >= 0.3 is 0 Å². The van der Waals surface area contributed by atoms with Crippen molar-refractivity contribution in [3.63, 3.8) is 0 Å². The SMILES string of the molecule is CCC(C)Oc1c(Br)cc(/C=C2\C(=O)NC(=S)N(C)C2=O)cc1OC. The molecule has 0 saturated carbocycles. The molecule has 6 nitrogen and oxygen atoms in total. The van der Waals surface area contributed by atoms with E-state index in [0.717, 1.165) is 6.42 Å². The third-order valence-corrected chi connectivity index (χ3v) is 4.73. The van der Waals surface area contributed by atoms with Crippen molar-refractivity contribution in [1.29, 1.82) is 0 Å². The minimum absolute atomic E-state index is 0.000600. The van der Waals surface area contributed by atoms with Crippen molar-refractivity contribution in [3.8, 4) is 11.5 Å². The minimum atomic E-state index is -0.525. The van der Waals surface area contributed by atoms with Crippen molar-refractivity contribution in [2.75, 3.05) is 14.2 Å². The number of likely N-dealkylation sites (N-methyl/N-ethyl adjacent to an activating group) is 1. The first kappa shape index (κ1) is 19.4. The Morgan fingerprint density at radius 2 is 2.08 bits per heavy atom. The van der Waals surface area contributed by atoms with Gasteiger partial charge in [-0.3, -0.25) is 19.8 Å². The molecule has 0 bridgehead atoms. The molecule has 1 aromatic carbocycles. The van der Waals surface area contributed by atoms with E-state index in [1.807, 2.05) is 13.8 Å². The monoisotopic (exact) mass is 426 g/mol. The van der Waals surface area contributed by atoms with Crippen molar-refractivity contribution < 1.29 is 19.1 Å². The zero-order valence-corrected chi connectivity index (χ0v) is 16.8. The highest BCUT2D eigenvalue weighted by Crippen LogP contribution is 2.38. The lowest BCUT2D eigenvalue weighted by Gasteiger charge is -2.25. The van der Waals surface area contributed by atoms with Crippen molar-refractivity contribution in [3.05, 3.63) is 27.7 Å². The van der Waals surface area contributed by atoms with Gasteiger partial charge in [0.1, 0.15) is 5.57 Å². The van der Waals surface area contributed by atoms with E-state index in [4.69, 9.17) is 21.7 Å². The molecule has 1 fully saturated rings. The Morgan fingerprint density at radius 3 is 2.68 bits per heavy atom. The third-order valence-electron chi connectivity index (χ3n) is 3.76. The molecule has 134 valence electrons. The van der Waals surface area contributed by atoms with Crippen LogP contribution in [0.4, 0.5) is 0 Å². The minimum Gasteiger partial charge on any atom is -0.493 e. The van der Waals surface area contributed by atoms with Gasteiger partial charge in [-0.05, 0) is 65.3 Å². The normalized spacial score (nSPS) is 17.6. The Bertz CT molecular complexity index is 763. The number of ether oxygens (including phenoxy) is 2. The summed E-state index contributed by atoms with van der Waals surface area (Å²) in [5, 5.41) is 2.57. The van der Waals surface area contributed by atoms with E-state index in [1.165, 1.54) is 25.1 Å². The number of methoxy groups -OCH3 is 1. The summed E-state index contributed by atoms with van der Waals surface area (Å²) in [4.78, 5) is 25.6. The van der Waals surface area contributed by atoms with Crippen LogP contribution in [-0.2, 0) is 9.59 Å². The topological polar surface area (TPSA) is 67.9 Å². The lowest BCUT2D eigenvalue weighted by Crippen LogP contribution is -2.52. The second kappa shape index (κ2) is 7.97. The Morgan fingerprint density at radius 1 is 1.40 bits per heavy atom. The molecule has 1 aliphatic heterocycles. The maximum atomic E-state index is 12.3. The average molecular weight is 427 g/mol. The number of halogens is 1. The fraction of sp³-hybridized carbons (Fsp3) is 0.353. The van der Waals surface area contributed by atoms with Crippen LogP contribution in [-0.4, -0.2) is 42.1 Å². The first-order valence-electron chi connectivity index (χ1n) is 7.67. The quantitative estimate of drug-likeness (QED) is 0.445. The van der Waals surface area contributed by atoms with E-state index in [0.29, 0.717) is 21.5 Å². The summed E-state index contributed by atoms with van der Waals surface area (Å²) < 4.78 is 11.9. The number of thiocarbonyl (C=S) groups is 1. The smallest absolute Gasteiger partial charge is 0.265 e. The lowest BCUT2D eigenvalue weighted by atomic mass is 10.1. The highest BCUT2D eigenvalue weighted by molar-refractivity contribution is 9.10. The Balaban J connectivity index is 2.43. The van der Waals surface area contributed by atoms with Gasteiger partial charge < -0.3 is 9.47 Å². The molecule has 0 radical (unpaired) electrons. The number of nitrogens with zero attached hydrogens (tertiary/aromatic N) is 1. The molecule has 0 spiro atoms. The molecule has 1 heterocycles. The van der Waals surface area contributed by atoms with E-state index in [2.05, 4.69) is 21.2 Å². The molecule has 0 aliphatic carbocycles. The van der Waals surface area contributed by atoms with Gasteiger partial charge in [-0.1, -0.05) is 6.92 Å². The highest BCUT2D eigenvalue weighted by atomic mass is 79.9. The molecule has 0 aromatic heterocycles. The number of rotatable bonds is 5. The fourth-order valence-corrected chi connectivity index (χ4v) is 2.86. The van der Waals surface area contributed by atoms with Crippen LogP contribution in [0.25, 0.3) is 6.08 Å². The lowest BCUT2D eigenvalue weighted by molar-refractivity contribution is -0.128. The van der Waals surface area contributed by atoms with Gasteiger partial charge in [0.2, 0.25) is 0 Å². The van der Waals surface area contributed by atoms with Crippen LogP contribution >= 0.6 is 28.1 Å². The van der Waals surface area contributed by atoms with Gasteiger partial charge in [0.05, 0.1) is 17.7 Å². The maximum absolute atomic E-state index is 12.3. The van der Waals surface area contributed by atoms with Crippen LogP contribution in [0.15, 0.2) is 22.2 Å². The Hall–Kier alpha value is -1.93. The Kier molecular flexibility index (Phi) is 6.18. The summed E-state index contributed by atoms with van der Waals surface area (Å²) in [6.07, 6.45) is 2.37. The van der Waals surface area contributed by atoms with E-state index in [-0.39, 0.29) is 16.8 Å². The summed E-state index contributed by atoms with van der Waals surface area (Å²) in [5.74, 6) is 0.109. The molecule has 2 amide bonds. The molecule has 1 saturated heterocycles. The van der Waals surface area contributed by atoms with Crippen LogP contribution < -0.4 is 14.8 Å². The van der Waals surface area contributed by atoms with E-state index in [9.17, 15) is 9.59 Å². The molecule has 25 heavy (non-hydrogen) atoms. The van der Waals surface area contributed by atoms with Crippen molar-refractivity contribution in [1.82, 2.24) is 10.2 Å². The third kappa shape index (κ3) is 4.19. The van der Waals surface area contributed by atoms with Gasteiger partial charge in [-0.25, -0.2) is 0 Å². The van der Waals surface area contributed by atoms with E-state index in [1.54, 1.807) is 12.1 Å². The van der Waals surface area contributed by atoms with Crippen LogP contribution in [0.3, 0.4) is 0 Å². The molecule has 1 N–H and O–H groups in total. The highest BCUT2D eigenvalue weighted by Gasteiger charge is 2.30. The first-order valence-corrected chi connectivity index (χ1v) is 8.87. The largest absolute Gasteiger partial charge is 0.493 e. The van der Waals surface area contributed by atoms with Gasteiger partial charge in [-0.15, -0.1) is 0 Å². The summed E-state index contributed by atoms with van der Waals surface area (Å²) in [5.41, 5.74) is 0.626. The maximum Gasteiger partial charge on any atom is 0.265 e. The number of hydrogen-bond donors (Lipinski definition) is 1. The molecule has 1 aromatic rings. The van der Waals surface area contributed by atoms with Crippen LogP contribution in [0.2, 0.25) is 0 Å². The summed E-state index contributed by atoms with van der Waals surface area (Å²) in [6.45, 7) is 3.99. The second-order valence-electron chi connectivity index (χ2n) is 5.55. The molecule has 1 unspecified atom stereocenters. The predicted octanol–water partition coefficient (Wildman–Crippen LogP) is 2.89. The number of carbonyl (C=O) groups is 2. The summed E-state index contributed by atoms with van der Waals surface area (Å²) in [7, 11) is 3.05. The fourth-order valence-electron chi connectivity index (χ4n) is 2.13. The predicted molar refractivity (Wildman–Crippen MR) is 103 cm³/mol. The zero-order chi connectivity index (χ0) is 18.7.